The SMILES string of the molecule is CCCOc1ccc(N2C(=NC(=O)CCC)S[C@H]3CS(=O)(=O)C[C@@H]32)cc1OCCC. The molecule has 9 heteroatoms. The van der Waals surface area contributed by atoms with Gasteiger partial charge in [0.2, 0.25) is 5.91 Å². The van der Waals surface area contributed by atoms with Crippen LogP contribution in [0.5, 0.6) is 11.5 Å². The van der Waals surface area contributed by atoms with Gasteiger partial charge in [0.25, 0.3) is 0 Å². The van der Waals surface area contributed by atoms with E-state index in [-0.39, 0.29) is 28.7 Å². The maximum absolute atomic E-state index is 12.2. The van der Waals surface area contributed by atoms with Gasteiger partial charge in [0.15, 0.2) is 26.5 Å². The molecule has 2 fully saturated rings. The summed E-state index contributed by atoms with van der Waals surface area (Å²) >= 11 is 1.39. The van der Waals surface area contributed by atoms with Crippen molar-refractivity contribution in [2.75, 3.05) is 29.6 Å². The van der Waals surface area contributed by atoms with Crippen LogP contribution < -0.4 is 14.4 Å². The Balaban J connectivity index is 1.98. The third-order valence-electron chi connectivity index (χ3n) is 4.88. The fourth-order valence-electron chi connectivity index (χ4n) is 3.55. The van der Waals surface area contributed by atoms with Crippen molar-refractivity contribution in [3.05, 3.63) is 18.2 Å². The van der Waals surface area contributed by atoms with Crippen LogP contribution in [-0.4, -0.2) is 55.5 Å². The first-order chi connectivity index (χ1) is 14.4. The second kappa shape index (κ2) is 10.0. The highest BCUT2D eigenvalue weighted by Crippen LogP contribution is 2.43. The summed E-state index contributed by atoms with van der Waals surface area (Å²) in [6.07, 6.45) is 2.84. The molecular formula is C21H30N2O5S2. The molecule has 7 nitrogen and oxygen atoms in total. The zero-order valence-corrected chi connectivity index (χ0v) is 19.4. The van der Waals surface area contributed by atoms with E-state index in [1.54, 1.807) is 0 Å². The molecule has 2 aliphatic rings. The lowest BCUT2D eigenvalue weighted by Gasteiger charge is -2.25. The van der Waals surface area contributed by atoms with Crippen LogP contribution in [0, 0.1) is 0 Å². The Labute approximate surface area is 183 Å². The monoisotopic (exact) mass is 454 g/mol. The summed E-state index contributed by atoms with van der Waals surface area (Å²) in [6.45, 7) is 7.15. The Morgan fingerprint density at radius 2 is 1.80 bits per heavy atom. The van der Waals surface area contributed by atoms with Crippen LogP contribution in [0.3, 0.4) is 0 Å². The van der Waals surface area contributed by atoms with Crippen molar-refractivity contribution >= 4 is 38.4 Å². The molecule has 0 unspecified atom stereocenters. The predicted molar refractivity (Wildman–Crippen MR) is 122 cm³/mol. The summed E-state index contributed by atoms with van der Waals surface area (Å²) in [5.41, 5.74) is 0.769. The molecule has 1 aromatic carbocycles. The standard InChI is InChI=1S/C21H30N2O5S2/c1-4-7-20(24)22-21-23(16-13-30(25,26)14-19(16)29-21)15-8-9-17(27-10-5-2)18(12-15)28-11-6-3/h8-9,12,16,19H,4-7,10-11,13-14H2,1-3H3/t16-,19-/m0/s1. The number of benzene rings is 1. The molecule has 0 aliphatic carbocycles. The van der Waals surface area contributed by atoms with Crippen molar-refractivity contribution in [1.82, 2.24) is 0 Å². The van der Waals surface area contributed by atoms with Gasteiger partial charge in [-0.05, 0) is 31.4 Å². The third kappa shape index (κ3) is 5.29. The van der Waals surface area contributed by atoms with E-state index in [0.29, 0.717) is 36.3 Å². The lowest BCUT2D eigenvalue weighted by Crippen LogP contribution is -2.37. The summed E-state index contributed by atoms with van der Waals surface area (Å²) in [5, 5.41) is 0.446. The highest BCUT2D eigenvalue weighted by atomic mass is 32.2. The summed E-state index contributed by atoms with van der Waals surface area (Å²) < 4.78 is 36.2. The maximum Gasteiger partial charge on any atom is 0.248 e. The third-order valence-corrected chi connectivity index (χ3v) is 8.09. The summed E-state index contributed by atoms with van der Waals surface area (Å²) in [4.78, 5) is 18.4. The van der Waals surface area contributed by atoms with E-state index >= 15 is 0 Å². The molecule has 2 atom stereocenters. The number of nitrogens with zero attached hydrogens (tertiary/aromatic N) is 2. The van der Waals surface area contributed by atoms with Gasteiger partial charge < -0.3 is 14.4 Å². The largest absolute Gasteiger partial charge is 0.490 e. The van der Waals surface area contributed by atoms with Crippen molar-refractivity contribution in [2.45, 2.75) is 57.7 Å². The van der Waals surface area contributed by atoms with Crippen LogP contribution in [0.25, 0.3) is 0 Å². The van der Waals surface area contributed by atoms with Crippen molar-refractivity contribution in [3.63, 3.8) is 0 Å². The van der Waals surface area contributed by atoms with Gasteiger partial charge in [-0.1, -0.05) is 32.5 Å². The molecule has 2 saturated heterocycles. The molecule has 0 saturated carbocycles. The second-order valence-electron chi connectivity index (χ2n) is 7.54. The number of anilines is 1. The Kier molecular flexibility index (Phi) is 7.68. The number of ether oxygens (including phenoxy) is 2. The van der Waals surface area contributed by atoms with Gasteiger partial charge in [-0.15, -0.1) is 0 Å². The Hall–Kier alpha value is -1.74. The van der Waals surface area contributed by atoms with Crippen molar-refractivity contribution in [3.8, 4) is 11.5 Å². The van der Waals surface area contributed by atoms with E-state index in [2.05, 4.69) is 4.99 Å². The second-order valence-corrected chi connectivity index (χ2v) is 10.9. The van der Waals surface area contributed by atoms with Gasteiger partial charge in [0, 0.05) is 23.4 Å². The van der Waals surface area contributed by atoms with Gasteiger partial charge in [-0.3, -0.25) is 4.79 Å². The van der Waals surface area contributed by atoms with Crippen LogP contribution in [0.15, 0.2) is 23.2 Å². The zero-order chi connectivity index (χ0) is 21.7. The number of thioether (sulfide) groups is 1. The fourth-order valence-corrected chi connectivity index (χ4v) is 7.48. The number of amidine groups is 1. The number of sulfone groups is 1. The molecule has 1 amide bonds. The van der Waals surface area contributed by atoms with Crippen LogP contribution >= 0.6 is 11.8 Å². The van der Waals surface area contributed by atoms with Gasteiger partial charge in [-0.25, -0.2) is 8.42 Å². The number of hydrogen-bond acceptors (Lipinski definition) is 6. The summed E-state index contributed by atoms with van der Waals surface area (Å²) in [5.74, 6) is 1.27. The molecule has 2 heterocycles. The quantitative estimate of drug-likeness (QED) is 0.563. The first-order valence-corrected chi connectivity index (χ1v) is 13.3. The van der Waals surface area contributed by atoms with E-state index in [9.17, 15) is 13.2 Å². The molecule has 30 heavy (non-hydrogen) atoms. The van der Waals surface area contributed by atoms with Crippen LogP contribution in [0.2, 0.25) is 0 Å². The average molecular weight is 455 g/mol. The van der Waals surface area contributed by atoms with E-state index in [0.717, 1.165) is 24.9 Å². The molecule has 0 N–H and O–H groups in total. The maximum atomic E-state index is 12.2. The lowest BCUT2D eigenvalue weighted by atomic mass is 10.2. The Morgan fingerprint density at radius 3 is 2.47 bits per heavy atom. The van der Waals surface area contributed by atoms with Gasteiger partial charge in [0.05, 0.1) is 30.8 Å². The minimum atomic E-state index is -3.11. The smallest absolute Gasteiger partial charge is 0.248 e. The molecule has 2 aliphatic heterocycles. The molecule has 0 aromatic heterocycles. The van der Waals surface area contributed by atoms with Crippen LogP contribution in [0.1, 0.15) is 46.5 Å². The van der Waals surface area contributed by atoms with Crippen molar-refractivity contribution < 1.29 is 22.7 Å². The number of carbonyl (C=O) groups is 1. The highest BCUT2D eigenvalue weighted by molar-refractivity contribution is 8.16. The summed E-state index contributed by atoms with van der Waals surface area (Å²) in [7, 11) is -3.11. The lowest BCUT2D eigenvalue weighted by molar-refractivity contribution is -0.117. The van der Waals surface area contributed by atoms with Gasteiger partial charge >= 0.3 is 0 Å². The highest BCUT2D eigenvalue weighted by Gasteiger charge is 2.49. The van der Waals surface area contributed by atoms with E-state index in [1.165, 1.54) is 11.8 Å². The van der Waals surface area contributed by atoms with E-state index in [4.69, 9.17) is 9.47 Å². The molecule has 1 aromatic rings. The Morgan fingerprint density at radius 1 is 1.10 bits per heavy atom. The number of aliphatic imine (C=N–C) groups is 1. The Bertz CT molecular complexity index is 901. The fraction of sp³-hybridized carbons (Fsp3) is 0.619. The number of rotatable bonds is 9. The first kappa shape index (κ1) is 22.9. The first-order valence-electron chi connectivity index (χ1n) is 10.6. The molecular weight excluding hydrogens is 424 g/mol. The van der Waals surface area contributed by atoms with E-state index in [1.807, 2.05) is 43.9 Å². The number of amides is 1. The number of hydrogen-bond donors (Lipinski definition) is 0. The van der Waals surface area contributed by atoms with Crippen LogP contribution in [-0.2, 0) is 14.6 Å². The zero-order valence-electron chi connectivity index (χ0n) is 17.8. The minimum absolute atomic E-state index is 0.0604. The van der Waals surface area contributed by atoms with Crippen LogP contribution in [0.4, 0.5) is 5.69 Å². The van der Waals surface area contributed by atoms with E-state index < -0.39 is 9.84 Å². The van der Waals surface area contributed by atoms with Gasteiger partial charge in [-0.2, -0.15) is 4.99 Å². The molecule has 0 bridgehead atoms. The molecule has 3 rings (SSSR count). The van der Waals surface area contributed by atoms with Crippen molar-refractivity contribution in [2.24, 2.45) is 4.99 Å². The molecule has 0 radical (unpaired) electrons. The normalized spacial score (nSPS) is 23.6. The van der Waals surface area contributed by atoms with Gasteiger partial charge in [0.1, 0.15) is 0 Å². The molecule has 0 spiro atoms. The topological polar surface area (TPSA) is 85.3 Å². The molecule has 166 valence electrons. The average Bonchev–Trinajstić information content (AvgIpc) is 3.15. The number of fused-ring (bicyclic) bond motifs is 1. The van der Waals surface area contributed by atoms with Crippen molar-refractivity contribution in [1.29, 1.82) is 0 Å². The predicted octanol–water partition coefficient (Wildman–Crippen LogP) is 3.67. The minimum Gasteiger partial charge on any atom is -0.490 e. The summed E-state index contributed by atoms with van der Waals surface area (Å²) in [6, 6.07) is 5.36. The number of carbonyl (C=O) groups excluding carboxylic acids is 1.